The van der Waals surface area contributed by atoms with Gasteiger partial charge in [-0.2, -0.15) is 0 Å². The van der Waals surface area contributed by atoms with Crippen LogP contribution in [0, 0.1) is 17.3 Å². The molecule has 0 bridgehead atoms. The van der Waals surface area contributed by atoms with Gasteiger partial charge in [-0.05, 0) is 54.6 Å². The molecule has 0 radical (unpaired) electrons. The van der Waals surface area contributed by atoms with Crippen molar-refractivity contribution in [3.05, 3.63) is 11.6 Å². The van der Waals surface area contributed by atoms with Crippen molar-refractivity contribution >= 4 is 14.3 Å². The summed E-state index contributed by atoms with van der Waals surface area (Å²) in [5, 5.41) is 0. The van der Waals surface area contributed by atoms with Gasteiger partial charge < -0.3 is 9.16 Å². The van der Waals surface area contributed by atoms with Crippen LogP contribution in [-0.2, 0) is 14.0 Å². The lowest BCUT2D eigenvalue weighted by Gasteiger charge is -2.47. The first-order chi connectivity index (χ1) is 11.9. The van der Waals surface area contributed by atoms with E-state index in [4.69, 9.17) is 9.16 Å². The van der Waals surface area contributed by atoms with E-state index in [1.54, 1.807) is 0 Å². The van der Waals surface area contributed by atoms with Gasteiger partial charge in [0.15, 0.2) is 8.32 Å². The molecule has 4 atom stereocenters. The van der Waals surface area contributed by atoms with Gasteiger partial charge in [-0.15, -0.1) is 0 Å². The minimum Gasteiger partial charge on any atom is -0.469 e. The first-order valence-electron chi connectivity index (χ1n) is 10.3. The maximum Gasteiger partial charge on any atom is 0.306 e. The Morgan fingerprint density at radius 2 is 1.96 bits per heavy atom. The van der Waals surface area contributed by atoms with Crippen LogP contribution in [0.3, 0.4) is 0 Å². The Kier molecular flexibility index (Phi) is 6.94. The topological polar surface area (TPSA) is 35.5 Å². The second-order valence-electron chi connectivity index (χ2n) is 8.39. The number of fused-ring (bicyclic) bond motifs is 1. The molecule has 0 unspecified atom stereocenters. The highest BCUT2D eigenvalue weighted by atomic mass is 28.4. The second kappa shape index (κ2) is 8.39. The molecule has 144 valence electrons. The average Bonchev–Trinajstić information content (AvgIpc) is 2.97. The summed E-state index contributed by atoms with van der Waals surface area (Å²) in [5.41, 5.74) is 1.68. The Morgan fingerprint density at radius 1 is 1.32 bits per heavy atom. The van der Waals surface area contributed by atoms with Gasteiger partial charge in [0.05, 0.1) is 13.5 Å². The van der Waals surface area contributed by atoms with Gasteiger partial charge >= 0.3 is 5.97 Å². The van der Waals surface area contributed by atoms with Crippen molar-refractivity contribution in [1.29, 1.82) is 0 Å². The molecular formula is C21H38O3Si. The summed E-state index contributed by atoms with van der Waals surface area (Å²) in [7, 11) is -0.0924. The molecule has 0 heterocycles. The number of carbonyl (C=O) groups is 1. The zero-order valence-corrected chi connectivity index (χ0v) is 18.2. The third-order valence-corrected chi connectivity index (χ3v) is 11.9. The maximum atomic E-state index is 11.7. The lowest BCUT2D eigenvalue weighted by molar-refractivity contribution is -0.141. The first kappa shape index (κ1) is 20.7. The zero-order chi connectivity index (χ0) is 18.7. The van der Waals surface area contributed by atoms with Crippen LogP contribution >= 0.6 is 0 Å². The van der Waals surface area contributed by atoms with Crippen molar-refractivity contribution in [3.8, 4) is 0 Å². The van der Waals surface area contributed by atoms with E-state index in [1.807, 2.05) is 0 Å². The number of ether oxygens (including phenoxy) is 1. The normalized spacial score (nSPS) is 30.6. The minimum absolute atomic E-state index is 0.0987. The van der Waals surface area contributed by atoms with Crippen molar-refractivity contribution in [2.45, 2.75) is 91.0 Å². The summed E-state index contributed by atoms with van der Waals surface area (Å²) in [6.45, 7) is 11.6. The average molecular weight is 367 g/mol. The zero-order valence-electron chi connectivity index (χ0n) is 17.2. The van der Waals surface area contributed by atoms with E-state index in [-0.39, 0.29) is 17.3 Å². The lowest BCUT2D eigenvalue weighted by Crippen LogP contribution is -2.48. The molecule has 2 aliphatic carbocycles. The summed E-state index contributed by atoms with van der Waals surface area (Å²) in [5.74, 6) is 0.762. The fourth-order valence-corrected chi connectivity index (χ4v) is 8.32. The van der Waals surface area contributed by atoms with Crippen molar-refractivity contribution in [3.63, 3.8) is 0 Å². The van der Waals surface area contributed by atoms with Crippen LogP contribution in [0.25, 0.3) is 0 Å². The number of hydrogen-bond donors (Lipinski definition) is 0. The number of allylic oxidation sites excluding steroid dienone is 2. The van der Waals surface area contributed by atoms with Crippen LogP contribution in [0.5, 0.6) is 0 Å². The SMILES string of the molecule is CC[Si](CC)(CC)O[C@H]1CCC[C@]2(C)C([C@H](C)CC(=O)OC)=CC[C@@H]12. The van der Waals surface area contributed by atoms with E-state index in [2.05, 4.69) is 40.7 Å². The predicted octanol–water partition coefficient (Wildman–Crippen LogP) is 5.71. The summed E-state index contributed by atoms with van der Waals surface area (Å²) >= 11 is 0. The van der Waals surface area contributed by atoms with Gasteiger partial charge in [-0.25, -0.2) is 0 Å². The fourth-order valence-electron chi connectivity index (χ4n) is 5.39. The molecule has 0 spiro atoms. The minimum atomic E-state index is -1.58. The summed E-state index contributed by atoms with van der Waals surface area (Å²) in [6.07, 6.45) is 8.12. The Hall–Kier alpha value is -0.613. The van der Waals surface area contributed by atoms with Crippen molar-refractivity contribution in [1.82, 2.24) is 0 Å². The highest BCUT2D eigenvalue weighted by Gasteiger charge is 2.50. The highest BCUT2D eigenvalue weighted by Crippen LogP contribution is 2.56. The summed E-state index contributed by atoms with van der Waals surface area (Å²) in [6, 6.07) is 3.66. The molecule has 0 amide bonds. The Morgan fingerprint density at radius 3 is 2.52 bits per heavy atom. The summed E-state index contributed by atoms with van der Waals surface area (Å²) in [4.78, 5) is 11.7. The van der Waals surface area contributed by atoms with E-state index in [9.17, 15) is 4.79 Å². The molecule has 2 aliphatic rings. The third-order valence-electron chi connectivity index (χ3n) is 7.27. The van der Waals surface area contributed by atoms with Gasteiger partial charge in [0, 0.05) is 6.10 Å². The van der Waals surface area contributed by atoms with E-state index >= 15 is 0 Å². The molecule has 1 fully saturated rings. The molecule has 1 saturated carbocycles. The number of hydrogen-bond acceptors (Lipinski definition) is 3. The van der Waals surface area contributed by atoms with E-state index in [0.29, 0.717) is 18.4 Å². The molecule has 3 nitrogen and oxygen atoms in total. The molecule has 0 aromatic heterocycles. The number of carbonyl (C=O) groups excluding carboxylic acids is 1. The van der Waals surface area contributed by atoms with Crippen molar-refractivity contribution in [2.75, 3.05) is 7.11 Å². The summed E-state index contributed by atoms with van der Waals surface area (Å²) < 4.78 is 11.8. The lowest BCUT2D eigenvalue weighted by atomic mass is 9.63. The predicted molar refractivity (Wildman–Crippen MR) is 106 cm³/mol. The van der Waals surface area contributed by atoms with Gasteiger partial charge in [-0.1, -0.05) is 52.7 Å². The Bertz CT molecular complexity index is 489. The Labute approximate surface area is 155 Å². The standard InChI is InChI=1S/C21H38O3Si/c1-7-25(8-2,9-3)24-19-11-10-14-21(5)17(12-13-18(19)21)16(4)15-20(22)23-6/h12,16,18-19H,7-11,13-15H2,1-6H3/t16-,18+,19+,21-/m1/s1. The van der Waals surface area contributed by atoms with Crippen LogP contribution in [0.15, 0.2) is 11.6 Å². The third kappa shape index (κ3) is 4.05. The van der Waals surface area contributed by atoms with Gasteiger partial charge in [0.2, 0.25) is 0 Å². The molecule has 0 aromatic carbocycles. The highest BCUT2D eigenvalue weighted by molar-refractivity contribution is 6.73. The second-order valence-corrected chi connectivity index (χ2v) is 13.1. The van der Waals surface area contributed by atoms with E-state index in [1.165, 1.54) is 50.1 Å². The molecule has 2 rings (SSSR count). The van der Waals surface area contributed by atoms with Crippen LogP contribution in [0.2, 0.25) is 18.1 Å². The smallest absolute Gasteiger partial charge is 0.306 e. The van der Waals surface area contributed by atoms with Gasteiger partial charge in [-0.3, -0.25) is 4.79 Å². The van der Waals surface area contributed by atoms with Crippen LogP contribution in [0.4, 0.5) is 0 Å². The number of methoxy groups -OCH3 is 1. The van der Waals surface area contributed by atoms with Crippen molar-refractivity contribution < 1.29 is 14.0 Å². The maximum absolute atomic E-state index is 11.7. The number of esters is 1. The molecule has 0 saturated heterocycles. The fraction of sp³-hybridized carbons (Fsp3) is 0.857. The molecule has 0 N–H and O–H groups in total. The molecule has 0 aliphatic heterocycles. The Balaban J connectivity index is 2.15. The van der Waals surface area contributed by atoms with Crippen LogP contribution in [0.1, 0.15) is 66.7 Å². The largest absolute Gasteiger partial charge is 0.469 e. The van der Waals surface area contributed by atoms with E-state index < -0.39 is 8.32 Å². The van der Waals surface area contributed by atoms with Crippen LogP contribution in [-0.4, -0.2) is 27.5 Å². The molecule has 0 aromatic rings. The van der Waals surface area contributed by atoms with E-state index in [0.717, 1.165) is 6.42 Å². The van der Waals surface area contributed by atoms with Gasteiger partial charge in [0.25, 0.3) is 0 Å². The molecular weight excluding hydrogens is 328 g/mol. The molecule has 25 heavy (non-hydrogen) atoms. The van der Waals surface area contributed by atoms with Crippen LogP contribution < -0.4 is 0 Å². The quantitative estimate of drug-likeness (QED) is 0.313. The van der Waals surface area contributed by atoms with Gasteiger partial charge in [0.1, 0.15) is 0 Å². The molecule has 4 heteroatoms. The van der Waals surface area contributed by atoms with Crippen molar-refractivity contribution in [2.24, 2.45) is 17.3 Å². The monoisotopic (exact) mass is 366 g/mol. The first-order valence-corrected chi connectivity index (χ1v) is 12.8. The number of rotatable bonds is 8.